The van der Waals surface area contributed by atoms with Gasteiger partial charge in [0.05, 0.1) is 6.20 Å². The first-order chi connectivity index (χ1) is 12.6. The number of anilines is 1. The zero-order valence-corrected chi connectivity index (χ0v) is 14.8. The first kappa shape index (κ1) is 17.0. The van der Waals surface area contributed by atoms with Crippen LogP contribution in [0.4, 0.5) is 10.6 Å². The highest BCUT2D eigenvalue weighted by Gasteiger charge is 2.49. The van der Waals surface area contributed by atoms with Crippen molar-refractivity contribution in [2.45, 2.75) is 31.7 Å². The number of amides is 4. The number of pyridine rings is 1. The Balaban J connectivity index is 1.36. The monoisotopic (exact) mass is 359 g/mol. The molecule has 0 spiro atoms. The smallest absolute Gasteiger partial charge is 0.311 e. The van der Waals surface area contributed by atoms with E-state index in [1.165, 1.54) is 4.90 Å². The lowest BCUT2D eigenvalue weighted by molar-refractivity contribution is -0.908. The van der Waals surface area contributed by atoms with Crippen LogP contribution in [0.15, 0.2) is 24.4 Å². The van der Waals surface area contributed by atoms with Gasteiger partial charge < -0.3 is 4.90 Å². The summed E-state index contributed by atoms with van der Waals surface area (Å²) >= 11 is 0. The molecular weight excluding hydrogens is 334 g/mol. The molecule has 1 aromatic heterocycles. The van der Waals surface area contributed by atoms with E-state index in [2.05, 4.69) is 9.88 Å². The second kappa shape index (κ2) is 7.03. The summed E-state index contributed by atoms with van der Waals surface area (Å²) in [7, 11) is 0. The van der Waals surface area contributed by atoms with Crippen LogP contribution in [0.25, 0.3) is 0 Å². The van der Waals surface area contributed by atoms with Crippen molar-refractivity contribution in [1.29, 1.82) is 0 Å². The van der Waals surface area contributed by atoms with E-state index in [0.717, 1.165) is 67.5 Å². The quantitative estimate of drug-likeness (QED) is 0.547. The second-order valence-corrected chi connectivity index (χ2v) is 7.27. The molecule has 0 atom stereocenters. The first-order valence-corrected chi connectivity index (χ1v) is 9.39. The molecule has 2 saturated heterocycles. The van der Waals surface area contributed by atoms with Gasteiger partial charge >= 0.3 is 17.8 Å². The van der Waals surface area contributed by atoms with E-state index >= 15 is 0 Å². The van der Waals surface area contributed by atoms with E-state index in [4.69, 9.17) is 0 Å². The Morgan fingerprint density at radius 3 is 2.42 bits per heavy atom. The van der Waals surface area contributed by atoms with Gasteiger partial charge in [0.2, 0.25) is 0 Å². The van der Waals surface area contributed by atoms with Crippen LogP contribution in [0.3, 0.4) is 0 Å². The molecule has 8 nitrogen and oxygen atoms in total. The minimum atomic E-state index is -0.659. The minimum absolute atomic E-state index is 0.0931. The van der Waals surface area contributed by atoms with E-state index in [9.17, 15) is 14.4 Å². The molecular formula is C18H25N5O3+2. The summed E-state index contributed by atoms with van der Waals surface area (Å²) in [5, 5.41) is 0. The maximum Gasteiger partial charge on any atom is 0.338 e. The molecule has 3 fully saturated rings. The van der Waals surface area contributed by atoms with Gasteiger partial charge in [0.25, 0.3) is 5.82 Å². The number of H-pyrrole nitrogens is 1. The number of carbonyl (C=O) groups is 3. The first-order valence-electron chi connectivity index (χ1n) is 9.39. The Morgan fingerprint density at radius 2 is 1.77 bits per heavy atom. The van der Waals surface area contributed by atoms with E-state index in [-0.39, 0.29) is 12.7 Å². The number of nitrogens with one attached hydrogen (secondary N) is 2. The maximum absolute atomic E-state index is 12.7. The summed E-state index contributed by atoms with van der Waals surface area (Å²) in [6, 6.07) is 5.47. The molecule has 4 rings (SSSR count). The van der Waals surface area contributed by atoms with Gasteiger partial charge in [-0.2, -0.15) is 0 Å². The van der Waals surface area contributed by atoms with Gasteiger partial charge in [-0.25, -0.2) is 14.7 Å². The number of hydrogen-bond acceptors (Lipinski definition) is 4. The number of imide groups is 2. The normalized spacial score (nSPS) is 22.8. The third kappa shape index (κ3) is 3.05. The molecule has 26 heavy (non-hydrogen) atoms. The third-order valence-electron chi connectivity index (χ3n) is 5.66. The second-order valence-electron chi connectivity index (χ2n) is 7.27. The number of quaternary nitrogens is 1. The molecule has 0 aromatic carbocycles. The Morgan fingerprint density at radius 1 is 1.04 bits per heavy atom. The molecule has 0 bridgehead atoms. The van der Waals surface area contributed by atoms with Crippen molar-refractivity contribution in [3.63, 3.8) is 0 Å². The zero-order chi connectivity index (χ0) is 18.1. The molecule has 1 aliphatic carbocycles. The minimum Gasteiger partial charge on any atom is -0.311 e. The van der Waals surface area contributed by atoms with Crippen molar-refractivity contribution in [2.75, 3.05) is 37.7 Å². The number of aromatic nitrogens is 1. The van der Waals surface area contributed by atoms with E-state index in [1.807, 2.05) is 24.4 Å². The molecule has 8 heteroatoms. The standard InChI is InChI=1S/C18H23N5O3/c24-16-17(25)23(14-5-1-2-6-14)18(26)22(16)13-20-9-11-21(12-10-20)15-7-3-4-8-19-15/h3-4,7-8,14H,1-2,5-6,9-13H2/p+2. The largest absolute Gasteiger partial charge is 0.338 e. The summed E-state index contributed by atoms with van der Waals surface area (Å²) in [6.45, 7) is 3.59. The summed E-state index contributed by atoms with van der Waals surface area (Å²) in [6.07, 6.45) is 5.56. The van der Waals surface area contributed by atoms with Gasteiger partial charge in [-0.15, -0.1) is 0 Å². The predicted molar refractivity (Wildman–Crippen MR) is 92.1 cm³/mol. The van der Waals surface area contributed by atoms with Crippen LogP contribution < -0.4 is 14.8 Å². The average molecular weight is 359 g/mol. The number of piperazine rings is 1. The fraction of sp³-hybridized carbons (Fsp3) is 0.556. The summed E-state index contributed by atoms with van der Waals surface area (Å²) in [5.41, 5.74) is 0. The molecule has 4 amide bonds. The topological polar surface area (TPSA) is 79.5 Å². The van der Waals surface area contributed by atoms with Gasteiger partial charge in [-0.1, -0.05) is 18.9 Å². The highest BCUT2D eigenvalue weighted by molar-refractivity contribution is 6.44. The number of nitrogens with zero attached hydrogens (tertiary/aromatic N) is 3. The van der Waals surface area contributed by atoms with Gasteiger partial charge in [0.15, 0.2) is 6.67 Å². The van der Waals surface area contributed by atoms with E-state index in [1.54, 1.807) is 0 Å². The van der Waals surface area contributed by atoms with Crippen LogP contribution in [0.5, 0.6) is 0 Å². The molecule has 138 valence electrons. The highest BCUT2D eigenvalue weighted by atomic mass is 16.2. The Kier molecular flexibility index (Phi) is 4.58. The summed E-state index contributed by atoms with van der Waals surface area (Å²) < 4.78 is 0. The van der Waals surface area contributed by atoms with Crippen LogP contribution in [0.1, 0.15) is 25.7 Å². The van der Waals surface area contributed by atoms with Crippen molar-refractivity contribution in [2.24, 2.45) is 0 Å². The Bertz CT molecular complexity index is 696. The van der Waals surface area contributed by atoms with Crippen LogP contribution >= 0.6 is 0 Å². The van der Waals surface area contributed by atoms with Crippen molar-refractivity contribution >= 4 is 23.7 Å². The van der Waals surface area contributed by atoms with Crippen molar-refractivity contribution < 1.29 is 24.3 Å². The Labute approximate surface area is 152 Å². The van der Waals surface area contributed by atoms with Gasteiger partial charge in [-0.05, 0) is 18.9 Å². The van der Waals surface area contributed by atoms with Gasteiger partial charge in [0.1, 0.15) is 26.2 Å². The van der Waals surface area contributed by atoms with Crippen molar-refractivity contribution in [3.05, 3.63) is 24.4 Å². The van der Waals surface area contributed by atoms with Gasteiger partial charge in [-0.3, -0.25) is 19.4 Å². The van der Waals surface area contributed by atoms with Crippen molar-refractivity contribution in [1.82, 2.24) is 9.80 Å². The lowest BCUT2D eigenvalue weighted by atomic mass is 10.2. The number of aromatic amines is 1. The maximum atomic E-state index is 12.7. The SMILES string of the molecule is O=C1C(=O)N(C2CCCC2)C(=O)N1C[NH+]1CCN(c2cccc[nH+]2)CC1. The fourth-order valence-corrected chi connectivity index (χ4v) is 4.17. The highest BCUT2D eigenvalue weighted by Crippen LogP contribution is 2.27. The molecule has 2 N–H and O–H groups in total. The summed E-state index contributed by atoms with van der Waals surface area (Å²) in [5.74, 6) is -0.227. The number of urea groups is 1. The molecule has 0 radical (unpaired) electrons. The van der Waals surface area contributed by atoms with Crippen LogP contribution in [0.2, 0.25) is 0 Å². The molecule has 3 heterocycles. The van der Waals surface area contributed by atoms with Gasteiger partial charge in [0, 0.05) is 12.1 Å². The lowest BCUT2D eigenvalue weighted by Gasteiger charge is -2.30. The lowest BCUT2D eigenvalue weighted by Crippen LogP contribution is -3.16. The molecule has 3 aliphatic rings. The number of hydrogen-bond donors (Lipinski definition) is 1. The van der Waals surface area contributed by atoms with E-state index in [0.29, 0.717) is 0 Å². The fourth-order valence-electron chi connectivity index (χ4n) is 4.17. The molecule has 1 saturated carbocycles. The predicted octanol–water partition coefficient (Wildman–Crippen LogP) is -1.10. The third-order valence-corrected chi connectivity index (χ3v) is 5.66. The summed E-state index contributed by atoms with van der Waals surface area (Å²) in [4.78, 5) is 46.3. The average Bonchev–Trinajstić information content (AvgIpc) is 3.27. The van der Waals surface area contributed by atoms with E-state index < -0.39 is 17.8 Å². The zero-order valence-electron chi connectivity index (χ0n) is 14.8. The Hall–Kier alpha value is -2.48. The number of carbonyl (C=O) groups excluding carboxylic acids is 3. The van der Waals surface area contributed by atoms with Crippen LogP contribution in [-0.2, 0) is 9.59 Å². The molecule has 2 aliphatic heterocycles. The molecule has 0 unspecified atom stereocenters. The number of rotatable bonds is 4. The molecule has 1 aromatic rings. The van der Waals surface area contributed by atoms with Crippen molar-refractivity contribution in [3.8, 4) is 0 Å². The van der Waals surface area contributed by atoms with Crippen LogP contribution in [0, 0.1) is 0 Å². The van der Waals surface area contributed by atoms with Crippen LogP contribution in [-0.4, -0.2) is 66.5 Å².